The Balaban J connectivity index is 2.20. The Bertz CT molecular complexity index is 855. The molecule has 1 aromatic heterocycles. The van der Waals surface area contributed by atoms with Gasteiger partial charge in [0.25, 0.3) is 11.2 Å². The molecule has 1 atom stereocenters. The smallest absolute Gasteiger partial charge is 0.285 e. The SMILES string of the molecule is CC(=O)c1ccc(NC(=O)[C@@H](C)n2cc([N+](=O)[O-])ccc2=O)cc1. The van der Waals surface area contributed by atoms with Crippen molar-refractivity contribution in [2.24, 2.45) is 0 Å². The molecule has 0 aliphatic heterocycles. The average molecular weight is 329 g/mol. The lowest BCUT2D eigenvalue weighted by Crippen LogP contribution is -2.31. The van der Waals surface area contributed by atoms with Crippen LogP contribution in [0.4, 0.5) is 11.4 Å². The van der Waals surface area contributed by atoms with Crippen LogP contribution in [0.1, 0.15) is 30.2 Å². The zero-order chi connectivity index (χ0) is 17.9. The number of hydrogen-bond acceptors (Lipinski definition) is 5. The van der Waals surface area contributed by atoms with Crippen LogP contribution in [0.2, 0.25) is 0 Å². The number of nitro groups is 1. The van der Waals surface area contributed by atoms with Crippen molar-refractivity contribution in [2.75, 3.05) is 5.32 Å². The molecule has 0 saturated carbocycles. The fourth-order valence-electron chi connectivity index (χ4n) is 2.06. The van der Waals surface area contributed by atoms with Gasteiger partial charge in [0, 0.05) is 23.4 Å². The number of benzene rings is 1. The number of rotatable bonds is 5. The van der Waals surface area contributed by atoms with Gasteiger partial charge >= 0.3 is 0 Å². The number of Topliss-reactive ketones (excluding diaryl/α,β-unsaturated/α-hetero) is 1. The molecule has 0 bridgehead atoms. The van der Waals surface area contributed by atoms with Gasteiger partial charge in [-0.1, -0.05) is 0 Å². The van der Waals surface area contributed by atoms with Crippen LogP contribution in [0, 0.1) is 10.1 Å². The second-order valence-corrected chi connectivity index (χ2v) is 5.19. The Morgan fingerprint density at radius 2 is 1.79 bits per heavy atom. The van der Waals surface area contributed by atoms with Crippen LogP contribution >= 0.6 is 0 Å². The van der Waals surface area contributed by atoms with Crippen LogP contribution in [0.25, 0.3) is 0 Å². The summed E-state index contributed by atoms with van der Waals surface area (Å²) in [5.41, 5.74) is 0.168. The van der Waals surface area contributed by atoms with Crippen LogP contribution in [0.5, 0.6) is 0 Å². The molecule has 0 fully saturated rings. The summed E-state index contributed by atoms with van der Waals surface area (Å²) >= 11 is 0. The standard InChI is InChI=1S/C16H15N3O5/c1-10(18-9-14(19(23)24)7-8-15(18)21)16(22)17-13-5-3-12(4-6-13)11(2)20/h3-10H,1-2H3,(H,17,22)/t10-/m1/s1. The van der Waals surface area contributed by atoms with Gasteiger partial charge in [-0.25, -0.2) is 0 Å². The lowest BCUT2D eigenvalue weighted by atomic mass is 10.1. The van der Waals surface area contributed by atoms with E-state index in [1.807, 2.05) is 0 Å². The van der Waals surface area contributed by atoms with Gasteiger partial charge in [0.05, 0.1) is 11.1 Å². The van der Waals surface area contributed by atoms with Crippen molar-refractivity contribution < 1.29 is 14.5 Å². The molecule has 0 saturated heterocycles. The van der Waals surface area contributed by atoms with Gasteiger partial charge in [0.1, 0.15) is 6.04 Å². The minimum atomic E-state index is -0.940. The van der Waals surface area contributed by atoms with Gasteiger partial charge in [0.2, 0.25) is 5.91 Å². The van der Waals surface area contributed by atoms with Crippen molar-refractivity contribution >= 4 is 23.1 Å². The number of anilines is 1. The summed E-state index contributed by atoms with van der Waals surface area (Å²) in [4.78, 5) is 45.5. The first-order valence-corrected chi connectivity index (χ1v) is 7.08. The van der Waals surface area contributed by atoms with E-state index in [2.05, 4.69) is 5.32 Å². The molecule has 1 N–H and O–H groups in total. The Labute approximate surface area is 136 Å². The van der Waals surface area contributed by atoms with Gasteiger partial charge in [-0.2, -0.15) is 0 Å². The van der Waals surface area contributed by atoms with E-state index in [-0.39, 0.29) is 11.5 Å². The van der Waals surface area contributed by atoms with Crippen molar-refractivity contribution in [2.45, 2.75) is 19.9 Å². The summed E-state index contributed by atoms with van der Waals surface area (Å²) in [5.74, 6) is -0.599. The van der Waals surface area contributed by atoms with E-state index in [4.69, 9.17) is 0 Å². The minimum Gasteiger partial charge on any atom is -0.324 e. The third-order valence-corrected chi connectivity index (χ3v) is 3.49. The lowest BCUT2D eigenvalue weighted by Gasteiger charge is -2.15. The van der Waals surface area contributed by atoms with Gasteiger partial charge in [-0.05, 0) is 38.1 Å². The van der Waals surface area contributed by atoms with E-state index in [1.165, 1.54) is 13.8 Å². The van der Waals surface area contributed by atoms with E-state index in [9.17, 15) is 24.5 Å². The van der Waals surface area contributed by atoms with Crippen molar-refractivity contribution in [1.29, 1.82) is 0 Å². The average Bonchev–Trinajstić information content (AvgIpc) is 2.54. The van der Waals surface area contributed by atoms with Gasteiger partial charge in [-0.15, -0.1) is 0 Å². The van der Waals surface area contributed by atoms with Crippen LogP contribution in [0.15, 0.2) is 47.4 Å². The molecule has 2 rings (SSSR count). The highest BCUT2D eigenvalue weighted by Gasteiger charge is 2.19. The monoisotopic (exact) mass is 329 g/mol. The molecule has 1 aromatic carbocycles. The first kappa shape index (κ1) is 17.1. The zero-order valence-corrected chi connectivity index (χ0v) is 13.1. The first-order chi connectivity index (χ1) is 11.3. The highest BCUT2D eigenvalue weighted by Crippen LogP contribution is 2.15. The topological polar surface area (TPSA) is 111 Å². The van der Waals surface area contributed by atoms with Crippen molar-refractivity contribution in [3.63, 3.8) is 0 Å². The van der Waals surface area contributed by atoms with E-state index in [0.717, 1.165) is 22.9 Å². The molecule has 8 heteroatoms. The first-order valence-electron chi connectivity index (χ1n) is 7.08. The Kier molecular flexibility index (Phi) is 4.88. The molecule has 124 valence electrons. The molecular weight excluding hydrogens is 314 g/mol. The maximum atomic E-state index is 12.3. The second-order valence-electron chi connectivity index (χ2n) is 5.19. The summed E-state index contributed by atoms with van der Waals surface area (Å²) in [6, 6.07) is 7.47. The summed E-state index contributed by atoms with van der Waals surface area (Å²) in [6.07, 6.45) is 1.03. The molecule has 1 amide bonds. The third-order valence-electron chi connectivity index (χ3n) is 3.49. The molecule has 1 heterocycles. The minimum absolute atomic E-state index is 0.0932. The van der Waals surface area contributed by atoms with E-state index in [1.54, 1.807) is 24.3 Å². The summed E-state index contributed by atoms with van der Waals surface area (Å²) in [7, 11) is 0. The van der Waals surface area contributed by atoms with Crippen LogP contribution in [-0.2, 0) is 4.79 Å². The molecule has 8 nitrogen and oxygen atoms in total. The second kappa shape index (κ2) is 6.86. The van der Waals surface area contributed by atoms with Gasteiger partial charge in [0.15, 0.2) is 5.78 Å². The van der Waals surface area contributed by atoms with E-state index < -0.39 is 22.4 Å². The molecule has 0 aliphatic rings. The number of amides is 1. The molecular formula is C16H15N3O5. The van der Waals surface area contributed by atoms with E-state index >= 15 is 0 Å². The summed E-state index contributed by atoms with van der Waals surface area (Å²) in [6.45, 7) is 2.90. The number of carbonyl (C=O) groups excluding carboxylic acids is 2. The van der Waals surface area contributed by atoms with Crippen LogP contribution < -0.4 is 10.9 Å². The number of aromatic nitrogens is 1. The maximum Gasteiger partial charge on any atom is 0.285 e. The zero-order valence-electron chi connectivity index (χ0n) is 13.1. The van der Waals surface area contributed by atoms with E-state index in [0.29, 0.717) is 11.3 Å². The van der Waals surface area contributed by atoms with Gasteiger partial charge < -0.3 is 5.32 Å². The predicted octanol–water partition coefficient (Wildman–Crippen LogP) is 2.16. The van der Waals surface area contributed by atoms with Crippen LogP contribution in [0.3, 0.4) is 0 Å². The fourth-order valence-corrected chi connectivity index (χ4v) is 2.06. The highest BCUT2D eigenvalue weighted by atomic mass is 16.6. The number of nitrogens with zero attached hydrogens (tertiary/aromatic N) is 2. The number of pyridine rings is 1. The summed E-state index contributed by atoms with van der Waals surface area (Å²) in [5, 5.41) is 13.4. The normalized spacial score (nSPS) is 11.6. The fraction of sp³-hybridized carbons (Fsp3) is 0.188. The van der Waals surface area contributed by atoms with Gasteiger partial charge in [-0.3, -0.25) is 29.1 Å². The Morgan fingerprint density at radius 1 is 1.17 bits per heavy atom. The number of hydrogen-bond donors (Lipinski definition) is 1. The largest absolute Gasteiger partial charge is 0.324 e. The molecule has 0 aliphatic carbocycles. The van der Waals surface area contributed by atoms with Crippen LogP contribution in [-0.4, -0.2) is 21.2 Å². The quantitative estimate of drug-likeness (QED) is 0.513. The molecule has 0 spiro atoms. The Morgan fingerprint density at radius 3 is 2.33 bits per heavy atom. The van der Waals surface area contributed by atoms with Crippen molar-refractivity contribution in [3.8, 4) is 0 Å². The van der Waals surface area contributed by atoms with Crippen molar-refractivity contribution in [3.05, 3.63) is 68.6 Å². The maximum absolute atomic E-state index is 12.3. The molecule has 0 unspecified atom stereocenters. The number of ketones is 1. The number of carbonyl (C=O) groups is 2. The molecule has 24 heavy (non-hydrogen) atoms. The number of nitrogens with one attached hydrogen (secondary N) is 1. The molecule has 2 aromatic rings. The lowest BCUT2D eigenvalue weighted by molar-refractivity contribution is -0.385. The predicted molar refractivity (Wildman–Crippen MR) is 87.1 cm³/mol. The summed E-state index contributed by atoms with van der Waals surface area (Å²) < 4.78 is 0.997. The Hall–Kier alpha value is -3.29. The molecule has 0 radical (unpaired) electrons. The highest BCUT2D eigenvalue weighted by molar-refractivity contribution is 5.96. The van der Waals surface area contributed by atoms with Crippen molar-refractivity contribution in [1.82, 2.24) is 4.57 Å². The third kappa shape index (κ3) is 3.72.